The summed E-state index contributed by atoms with van der Waals surface area (Å²) in [5.41, 5.74) is 0. The van der Waals surface area contributed by atoms with Crippen molar-refractivity contribution in [2.45, 2.75) is 76.9 Å². The fourth-order valence-electron chi connectivity index (χ4n) is 3.38. The van der Waals surface area contributed by atoms with Crippen LogP contribution in [0.1, 0.15) is 64.7 Å². The first-order valence-electron chi connectivity index (χ1n) is 7.67. The molecule has 2 nitrogen and oxygen atoms in total. The van der Waals surface area contributed by atoms with Gasteiger partial charge in [-0.25, -0.2) is 0 Å². The molecule has 0 amide bonds. The summed E-state index contributed by atoms with van der Waals surface area (Å²) >= 11 is 0. The van der Waals surface area contributed by atoms with Crippen LogP contribution in [0.25, 0.3) is 0 Å². The molecule has 0 heterocycles. The summed E-state index contributed by atoms with van der Waals surface area (Å²) in [6, 6.07) is 0.372. The highest BCUT2D eigenvalue weighted by Gasteiger charge is 2.23. The zero-order valence-electron chi connectivity index (χ0n) is 11.3. The van der Waals surface area contributed by atoms with Crippen molar-refractivity contribution in [2.24, 2.45) is 11.8 Å². The van der Waals surface area contributed by atoms with Crippen molar-refractivity contribution in [2.75, 3.05) is 6.54 Å². The molecule has 0 bridgehead atoms. The van der Waals surface area contributed by atoms with Gasteiger partial charge in [-0.1, -0.05) is 39.0 Å². The van der Waals surface area contributed by atoms with E-state index in [4.69, 9.17) is 0 Å². The molecule has 2 saturated carbocycles. The Morgan fingerprint density at radius 2 is 1.65 bits per heavy atom. The predicted molar refractivity (Wildman–Crippen MR) is 72.0 cm³/mol. The molecule has 0 aromatic rings. The molecule has 0 aromatic carbocycles. The van der Waals surface area contributed by atoms with Crippen molar-refractivity contribution in [3.05, 3.63) is 0 Å². The maximum Gasteiger partial charge on any atom is 0.0693 e. The van der Waals surface area contributed by atoms with E-state index in [0.717, 1.165) is 24.8 Å². The molecular formula is C15H29NO. The average Bonchev–Trinajstić information content (AvgIpc) is 2.54. The summed E-state index contributed by atoms with van der Waals surface area (Å²) in [5.74, 6) is 1.80. The lowest BCUT2D eigenvalue weighted by Gasteiger charge is -2.29. The van der Waals surface area contributed by atoms with E-state index >= 15 is 0 Å². The largest absolute Gasteiger partial charge is 0.392 e. The Hall–Kier alpha value is -0.0800. The molecule has 2 rings (SSSR count). The molecule has 2 aliphatic rings. The Morgan fingerprint density at radius 1 is 0.941 bits per heavy atom. The number of hydrogen-bond acceptors (Lipinski definition) is 2. The molecule has 2 unspecified atom stereocenters. The van der Waals surface area contributed by atoms with Crippen LogP contribution in [0.5, 0.6) is 0 Å². The molecule has 0 radical (unpaired) electrons. The molecule has 2 fully saturated rings. The molecule has 2 N–H and O–H groups in total. The number of nitrogens with one attached hydrogen (secondary N) is 1. The Labute approximate surface area is 106 Å². The molecule has 2 heteroatoms. The Balaban J connectivity index is 1.69. The van der Waals surface area contributed by atoms with E-state index in [0.29, 0.717) is 6.04 Å². The van der Waals surface area contributed by atoms with Crippen molar-refractivity contribution in [3.8, 4) is 0 Å². The first kappa shape index (κ1) is 13.4. The molecular weight excluding hydrogens is 210 g/mol. The van der Waals surface area contributed by atoms with E-state index in [1.807, 2.05) is 0 Å². The van der Waals surface area contributed by atoms with Gasteiger partial charge in [-0.05, 0) is 44.1 Å². The van der Waals surface area contributed by atoms with Gasteiger partial charge in [-0.3, -0.25) is 0 Å². The third-order valence-electron chi connectivity index (χ3n) is 4.78. The van der Waals surface area contributed by atoms with Crippen molar-refractivity contribution in [1.29, 1.82) is 0 Å². The summed E-state index contributed by atoms with van der Waals surface area (Å²) in [6.45, 7) is 3.51. The minimum atomic E-state index is -0.0972. The first-order valence-corrected chi connectivity index (χ1v) is 7.67. The fourth-order valence-corrected chi connectivity index (χ4v) is 3.38. The van der Waals surface area contributed by atoms with E-state index in [9.17, 15) is 5.11 Å². The second-order valence-corrected chi connectivity index (χ2v) is 6.35. The number of rotatable bonds is 3. The van der Waals surface area contributed by atoms with Crippen LogP contribution in [-0.4, -0.2) is 23.8 Å². The predicted octanol–water partition coefficient (Wildman–Crippen LogP) is 3.10. The third-order valence-corrected chi connectivity index (χ3v) is 4.78. The molecule has 17 heavy (non-hydrogen) atoms. The highest BCUT2D eigenvalue weighted by Crippen LogP contribution is 2.28. The molecule has 2 aliphatic carbocycles. The van der Waals surface area contributed by atoms with Crippen LogP contribution >= 0.6 is 0 Å². The maximum absolute atomic E-state index is 10.1. The lowest BCUT2D eigenvalue weighted by Crippen LogP contribution is -2.41. The minimum absolute atomic E-state index is 0.0972. The van der Waals surface area contributed by atoms with Crippen LogP contribution in [0.15, 0.2) is 0 Å². The van der Waals surface area contributed by atoms with Gasteiger partial charge in [0.25, 0.3) is 0 Å². The minimum Gasteiger partial charge on any atom is -0.392 e. The van der Waals surface area contributed by atoms with Crippen molar-refractivity contribution in [3.63, 3.8) is 0 Å². The van der Waals surface area contributed by atoms with Crippen LogP contribution in [0.4, 0.5) is 0 Å². The van der Waals surface area contributed by atoms with E-state index in [1.54, 1.807) is 0 Å². The zero-order valence-corrected chi connectivity index (χ0v) is 11.3. The van der Waals surface area contributed by atoms with Gasteiger partial charge < -0.3 is 10.4 Å². The lowest BCUT2D eigenvalue weighted by molar-refractivity contribution is 0.115. The monoisotopic (exact) mass is 239 g/mol. The molecule has 0 aromatic heterocycles. The smallest absolute Gasteiger partial charge is 0.0693 e. The maximum atomic E-state index is 10.1. The summed E-state index contributed by atoms with van der Waals surface area (Å²) in [6.07, 6.45) is 11.4. The Kier molecular flexibility index (Phi) is 5.30. The van der Waals surface area contributed by atoms with Gasteiger partial charge >= 0.3 is 0 Å². The van der Waals surface area contributed by atoms with Gasteiger partial charge in [0.15, 0.2) is 0 Å². The summed E-state index contributed by atoms with van der Waals surface area (Å²) in [5, 5.41) is 13.7. The highest BCUT2D eigenvalue weighted by atomic mass is 16.3. The van der Waals surface area contributed by atoms with Crippen LogP contribution in [0.2, 0.25) is 0 Å². The van der Waals surface area contributed by atoms with Gasteiger partial charge in [0.1, 0.15) is 0 Å². The first-order chi connectivity index (χ1) is 8.25. The second kappa shape index (κ2) is 6.75. The molecule has 0 spiro atoms. The number of aliphatic hydroxyl groups excluding tert-OH is 1. The summed E-state index contributed by atoms with van der Waals surface area (Å²) < 4.78 is 0. The van der Waals surface area contributed by atoms with Gasteiger partial charge in [0.2, 0.25) is 0 Å². The number of hydrogen-bond donors (Lipinski definition) is 2. The van der Waals surface area contributed by atoms with Crippen LogP contribution in [0, 0.1) is 11.8 Å². The molecule has 2 atom stereocenters. The average molecular weight is 239 g/mol. The quantitative estimate of drug-likeness (QED) is 0.742. The second-order valence-electron chi connectivity index (χ2n) is 6.35. The Bertz CT molecular complexity index is 211. The van der Waals surface area contributed by atoms with Crippen LogP contribution in [-0.2, 0) is 0 Å². The zero-order chi connectivity index (χ0) is 12.1. The van der Waals surface area contributed by atoms with Gasteiger partial charge in [0.05, 0.1) is 6.10 Å². The van der Waals surface area contributed by atoms with Crippen molar-refractivity contribution < 1.29 is 5.11 Å². The molecule has 0 saturated heterocycles. The van der Waals surface area contributed by atoms with E-state index in [2.05, 4.69) is 12.2 Å². The van der Waals surface area contributed by atoms with Gasteiger partial charge in [-0.15, -0.1) is 0 Å². The summed E-state index contributed by atoms with van der Waals surface area (Å²) in [4.78, 5) is 0. The normalized spacial score (nSPS) is 39.9. The van der Waals surface area contributed by atoms with Crippen molar-refractivity contribution >= 4 is 0 Å². The molecule has 100 valence electrons. The van der Waals surface area contributed by atoms with Gasteiger partial charge in [-0.2, -0.15) is 0 Å². The lowest BCUT2D eigenvalue weighted by atomic mass is 9.83. The standard InChI is InChI=1S/C15H29NO/c1-12-7-9-13(10-8-12)11-16-14-5-3-2-4-6-15(14)17/h12-17H,2-11H2,1H3. The fraction of sp³-hybridized carbons (Fsp3) is 1.00. The van der Waals surface area contributed by atoms with E-state index < -0.39 is 0 Å². The van der Waals surface area contributed by atoms with E-state index in [1.165, 1.54) is 51.4 Å². The Morgan fingerprint density at radius 3 is 2.41 bits per heavy atom. The topological polar surface area (TPSA) is 32.3 Å². The van der Waals surface area contributed by atoms with Crippen LogP contribution < -0.4 is 5.32 Å². The van der Waals surface area contributed by atoms with E-state index in [-0.39, 0.29) is 6.10 Å². The summed E-state index contributed by atoms with van der Waals surface area (Å²) in [7, 11) is 0. The highest BCUT2D eigenvalue weighted by molar-refractivity contribution is 4.81. The van der Waals surface area contributed by atoms with Gasteiger partial charge in [0, 0.05) is 6.04 Å². The third kappa shape index (κ3) is 4.26. The SMILES string of the molecule is CC1CCC(CNC2CCCCCC2O)CC1. The van der Waals surface area contributed by atoms with Crippen LogP contribution in [0.3, 0.4) is 0 Å². The number of aliphatic hydroxyl groups is 1. The van der Waals surface area contributed by atoms with Crippen molar-refractivity contribution in [1.82, 2.24) is 5.32 Å². The molecule has 0 aliphatic heterocycles.